The van der Waals surface area contributed by atoms with Crippen LogP contribution >= 0.6 is 0 Å². The average molecular weight is 233 g/mol. The molecule has 1 unspecified atom stereocenters. The molecule has 1 fully saturated rings. The lowest BCUT2D eigenvalue weighted by molar-refractivity contribution is 0.192. The molecule has 7 heteroatoms. The molecule has 0 aliphatic carbocycles. The van der Waals surface area contributed by atoms with Crippen molar-refractivity contribution in [2.24, 2.45) is 0 Å². The first kappa shape index (κ1) is 10.2. The molecule has 1 aliphatic rings. The highest BCUT2D eigenvalue weighted by Gasteiger charge is 2.24. The molecular formula is C10H11N5O2. The quantitative estimate of drug-likeness (QED) is 0.811. The number of hydrogen-bond donors (Lipinski definition) is 1. The van der Waals surface area contributed by atoms with Crippen LogP contribution in [0, 0.1) is 0 Å². The summed E-state index contributed by atoms with van der Waals surface area (Å²) in [7, 11) is 0. The molecule has 0 saturated carbocycles. The van der Waals surface area contributed by atoms with E-state index in [1.54, 1.807) is 0 Å². The Morgan fingerprint density at radius 3 is 2.94 bits per heavy atom. The standard InChI is InChI=1S/C10H11N5O2/c11-8-7(12-2-3-13-8)10-14-9(15-17-10)6-1-4-16-5-6/h2-3,6H,1,4-5H2,(H2,11,13). The second-order valence-corrected chi connectivity index (χ2v) is 3.81. The Morgan fingerprint density at radius 1 is 1.29 bits per heavy atom. The number of aromatic nitrogens is 4. The van der Waals surface area contributed by atoms with Gasteiger partial charge in [0.15, 0.2) is 17.3 Å². The van der Waals surface area contributed by atoms with Crippen molar-refractivity contribution >= 4 is 5.82 Å². The van der Waals surface area contributed by atoms with Gasteiger partial charge in [-0.25, -0.2) is 9.97 Å². The summed E-state index contributed by atoms with van der Waals surface area (Å²) in [6.07, 6.45) is 3.96. The van der Waals surface area contributed by atoms with Gasteiger partial charge in [-0.15, -0.1) is 0 Å². The number of nitrogens with two attached hydrogens (primary N) is 1. The van der Waals surface area contributed by atoms with E-state index >= 15 is 0 Å². The van der Waals surface area contributed by atoms with Crippen LogP contribution in [0.25, 0.3) is 11.6 Å². The maximum atomic E-state index is 5.69. The van der Waals surface area contributed by atoms with Gasteiger partial charge in [-0.3, -0.25) is 0 Å². The molecule has 1 aliphatic heterocycles. The average Bonchev–Trinajstić information content (AvgIpc) is 3.00. The highest BCUT2D eigenvalue weighted by atomic mass is 16.5. The molecule has 2 aromatic rings. The minimum absolute atomic E-state index is 0.199. The van der Waals surface area contributed by atoms with Gasteiger partial charge in [-0.2, -0.15) is 4.98 Å². The van der Waals surface area contributed by atoms with Gasteiger partial charge in [-0.1, -0.05) is 5.16 Å². The first-order valence-electron chi connectivity index (χ1n) is 5.33. The van der Waals surface area contributed by atoms with Gasteiger partial charge >= 0.3 is 0 Å². The van der Waals surface area contributed by atoms with Crippen LogP contribution in [0.2, 0.25) is 0 Å². The third kappa shape index (κ3) is 1.84. The Balaban J connectivity index is 1.92. The first-order valence-corrected chi connectivity index (χ1v) is 5.33. The number of anilines is 1. The molecule has 0 bridgehead atoms. The molecule has 1 atom stereocenters. The zero-order valence-corrected chi connectivity index (χ0v) is 9.04. The van der Waals surface area contributed by atoms with E-state index in [4.69, 9.17) is 15.0 Å². The van der Waals surface area contributed by atoms with E-state index in [9.17, 15) is 0 Å². The summed E-state index contributed by atoms with van der Waals surface area (Å²) in [5.41, 5.74) is 6.11. The molecule has 88 valence electrons. The van der Waals surface area contributed by atoms with Crippen molar-refractivity contribution in [3.63, 3.8) is 0 Å². The summed E-state index contributed by atoms with van der Waals surface area (Å²) in [5.74, 6) is 1.43. The van der Waals surface area contributed by atoms with E-state index in [-0.39, 0.29) is 11.7 Å². The number of rotatable bonds is 2. The van der Waals surface area contributed by atoms with Crippen molar-refractivity contribution in [2.45, 2.75) is 12.3 Å². The largest absolute Gasteiger partial charge is 0.382 e. The topological polar surface area (TPSA) is 100.0 Å². The van der Waals surface area contributed by atoms with Crippen molar-refractivity contribution in [3.05, 3.63) is 18.2 Å². The fourth-order valence-electron chi connectivity index (χ4n) is 1.75. The van der Waals surface area contributed by atoms with Crippen LogP contribution in [0.1, 0.15) is 18.2 Å². The number of nitrogen functional groups attached to an aromatic ring is 1. The highest BCUT2D eigenvalue weighted by molar-refractivity contribution is 5.61. The van der Waals surface area contributed by atoms with Gasteiger partial charge in [0.1, 0.15) is 0 Å². The van der Waals surface area contributed by atoms with Crippen LogP contribution in [-0.4, -0.2) is 33.3 Å². The third-order valence-electron chi connectivity index (χ3n) is 2.67. The van der Waals surface area contributed by atoms with Crippen molar-refractivity contribution < 1.29 is 9.26 Å². The van der Waals surface area contributed by atoms with Crippen LogP contribution in [0.4, 0.5) is 5.82 Å². The fraction of sp³-hybridized carbons (Fsp3) is 0.400. The monoisotopic (exact) mass is 233 g/mol. The molecule has 2 N–H and O–H groups in total. The van der Waals surface area contributed by atoms with Gasteiger partial charge in [0, 0.05) is 24.9 Å². The summed E-state index contributed by atoms with van der Waals surface area (Å²) < 4.78 is 10.4. The van der Waals surface area contributed by atoms with Crippen LogP contribution < -0.4 is 5.73 Å². The number of ether oxygens (including phenoxy) is 1. The maximum Gasteiger partial charge on any atom is 0.280 e. The van der Waals surface area contributed by atoms with Gasteiger partial charge in [0.25, 0.3) is 5.89 Å². The lowest BCUT2D eigenvalue weighted by atomic mass is 10.1. The second-order valence-electron chi connectivity index (χ2n) is 3.81. The minimum atomic E-state index is 0.199. The Morgan fingerprint density at radius 2 is 2.18 bits per heavy atom. The van der Waals surface area contributed by atoms with Crippen molar-refractivity contribution in [3.8, 4) is 11.6 Å². The van der Waals surface area contributed by atoms with E-state index in [0.29, 0.717) is 24.0 Å². The Labute approximate surface area is 97.0 Å². The smallest absolute Gasteiger partial charge is 0.280 e. The summed E-state index contributed by atoms with van der Waals surface area (Å²) >= 11 is 0. The van der Waals surface area contributed by atoms with E-state index in [1.807, 2.05) is 0 Å². The molecule has 17 heavy (non-hydrogen) atoms. The molecule has 1 saturated heterocycles. The molecular weight excluding hydrogens is 222 g/mol. The molecule has 2 aromatic heterocycles. The van der Waals surface area contributed by atoms with Gasteiger partial charge in [-0.05, 0) is 6.42 Å². The Hall–Kier alpha value is -2.02. The normalized spacial score (nSPS) is 19.6. The predicted molar refractivity (Wildman–Crippen MR) is 57.9 cm³/mol. The van der Waals surface area contributed by atoms with Crippen LogP contribution in [0.15, 0.2) is 16.9 Å². The number of nitrogens with zero attached hydrogens (tertiary/aromatic N) is 4. The van der Waals surface area contributed by atoms with E-state index < -0.39 is 0 Å². The zero-order chi connectivity index (χ0) is 11.7. The Kier molecular flexibility index (Phi) is 2.45. The van der Waals surface area contributed by atoms with Crippen LogP contribution in [0.3, 0.4) is 0 Å². The predicted octanol–water partition coefficient (Wildman–Crippen LogP) is 0.613. The van der Waals surface area contributed by atoms with E-state index in [2.05, 4.69) is 20.1 Å². The molecule has 7 nitrogen and oxygen atoms in total. The maximum absolute atomic E-state index is 5.69. The molecule has 3 heterocycles. The van der Waals surface area contributed by atoms with E-state index in [0.717, 1.165) is 13.0 Å². The lowest BCUT2D eigenvalue weighted by Gasteiger charge is -1.98. The summed E-state index contributed by atoms with van der Waals surface area (Å²) in [5, 5.41) is 3.93. The first-order chi connectivity index (χ1) is 8.34. The molecule has 0 radical (unpaired) electrons. The minimum Gasteiger partial charge on any atom is -0.382 e. The fourth-order valence-corrected chi connectivity index (χ4v) is 1.75. The summed E-state index contributed by atoms with van der Waals surface area (Å²) in [6, 6.07) is 0. The van der Waals surface area contributed by atoms with Gasteiger partial charge in [0.2, 0.25) is 0 Å². The zero-order valence-electron chi connectivity index (χ0n) is 9.04. The molecule has 3 rings (SSSR count). The highest BCUT2D eigenvalue weighted by Crippen LogP contribution is 2.26. The number of hydrogen-bond acceptors (Lipinski definition) is 7. The SMILES string of the molecule is Nc1nccnc1-c1nc(C2CCOC2)no1. The molecule has 0 aromatic carbocycles. The van der Waals surface area contributed by atoms with Crippen LogP contribution in [-0.2, 0) is 4.74 Å². The van der Waals surface area contributed by atoms with Crippen molar-refractivity contribution in [1.82, 2.24) is 20.1 Å². The van der Waals surface area contributed by atoms with Gasteiger partial charge < -0.3 is 15.0 Å². The molecule has 0 amide bonds. The van der Waals surface area contributed by atoms with E-state index in [1.165, 1.54) is 12.4 Å². The molecule has 0 spiro atoms. The Bertz CT molecular complexity index is 521. The summed E-state index contributed by atoms with van der Waals surface area (Å²) in [4.78, 5) is 12.3. The second kappa shape index (κ2) is 4.10. The lowest BCUT2D eigenvalue weighted by Crippen LogP contribution is -2.00. The van der Waals surface area contributed by atoms with Crippen molar-refractivity contribution in [2.75, 3.05) is 18.9 Å². The van der Waals surface area contributed by atoms with Gasteiger partial charge in [0.05, 0.1) is 6.61 Å². The van der Waals surface area contributed by atoms with Crippen molar-refractivity contribution in [1.29, 1.82) is 0 Å². The van der Waals surface area contributed by atoms with Crippen LogP contribution in [0.5, 0.6) is 0 Å². The third-order valence-corrected chi connectivity index (χ3v) is 2.67. The summed E-state index contributed by atoms with van der Waals surface area (Å²) in [6.45, 7) is 1.37.